The highest BCUT2D eigenvalue weighted by molar-refractivity contribution is 5.79. The first-order valence-electron chi connectivity index (χ1n) is 9.37. The summed E-state index contributed by atoms with van der Waals surface area (Å²) in [4.78, 5) is 11.0. The van der Waals surface area contributed by atoms with Gasteiger partial charge in [-0.2, -0.15) is 5.10 Å². The summed E-state index contributed by atoms with van der Waals surface area (Å²) in [5, 5.41) is 7.42. The van der Waals surface area contributed by atoms with Crippen LogP contribution in [0.4, 0.5) is 0 Å². The van der Waals surface area contributed by atoms with Crippen molar-refractivity contribution in [3.63, 3.8) is 0 Å². The molecule has 148 valence electrons. The maximum absolute atomic E-state index is 6.02. The quantitative estimate of drug-likeness (QED) is 0.460. The molecule has 0 atom stereocenters. The minimum absolute atomic E-state index is 0.0467. The van der Waals surface area contributed by atoms with Gasteiger partial charge in [-0.05, 0) is 24.0 Å². The molecule has 2 aromatic rings. The molecule has 0 spiro atoms. The summed E-state index contributed by atoms with van der Waals surface area (Å²) in [6.45, 7) is 11.2. The summed E-state index contributed by atoms with van der Waals surface area (Å²) in [5.41, 5.74) is 1.26. The molecule has 0 saturated heterocycles. The van der Waals surface area contributed by atoms with Crippen molar-refractivity contribution in [1.29, 1.82) is 0 Å². The Hall–Kier alpha value is -2.57. The maximum atomic E-state index is 6.02. The lowest BCUT2D eigenvalue weighted by Gasteiger charge is -2.23. The molecule has 1 aromatic heterocycles. The van der Waals surface area contributed by atoms with Gasteiger partial charge in [0, 0.05) is 20.6 Å². The summed E-state index contributed by atoms with van der Waals surface area (Å²) in [6, 6.07) is 8.20. The molecule has 27 heavy (non-hydrogen) atoms. The number of hydrogen-bond donors (Lipinski definition) is 1. The van der Waals surface area contributed by atoms with E-state index in [-0.39, 0.29) is 5.41 Å². The zero-order valence-corrected chi connectivity index (χ0v) is 17.4. The number of aryl methyl sites for hydroxylation is 1. The highest BCUT2D eigenvalue weighted by atomic mass is 16.5. The molecule has 0 bridgehead atoms. The van der Waals surface area contributed by atoms with E-state index < -0.39 is 0 Å². The van der Waals surface area contributed by atoms with Crippen LogP contribution in [-0.4, -0.2) is 52.4 Å². The SMILES string of the molecule is CCNC(=NCCOc1ccccc1C(C)(C)C)N(C)Cc1ncnn1C. The fraction of sp³-hybridized carbons (Fsp3) is 0.550. The predicted molar refractivity (Wildman–Crippen MR) is 109 cm³/mol. The first-order valence-corrected chi connectivity index (χ1v) is 9.37. The van der Waals surface area contributed by atoms with E-state index in [0.29, 0.717) is 19.7 Å². The smallest absolute Gasteiger partial charge is 0.194 e. The topological polar surface area (TPSA) is 67.6 Å². The van der Waals surface area contributed by atoms with Crippen molar-refractivity contribution < 1.29 is 4.74 Å². The highest BCUT2D eigenvalue weighted by Gasteiger charge is 2.18. The monoisotopic (exact) mass is 372 g/mol. The van der Waals surface area contributed by atoms with Gasteiger partial charge in [0.25, 0.3) is 0 Å². The number of nitrogens with zero attached hydrogens (tertiary/aromatic N) is 5. The Morgan fingerprint density at radius 2 is 2.04 bits per heavy atom. The molecule has 0 fully saturated rings. The second-order valence-electron chi connectivity index (χ2n) is 7.49. The zero-order chi connectivity index (χ0) is 19.9. The van der Waals surface area contributed by atoms with E-state index in [1.807, 2.05) is 31.1 Å². The Morgan fingerprint density at radius 3 is 2.67 bits per heavy atom. The van der Waals surface area contributed by atoms with Gasteiger partial charge in [0.2, 0.25) is 0 Å². The Labute approximate surface area is 162 Å². The molecule has 0 aliphatic heterocycles. The van der Waals surface area contributed by atoms with E-state index in [9.17, 15) is 0 Å². The van der Waals surface area contributed by atoms with Crippen molar-refractivity contribution in [2.75, 3.05) is 26.7 Å². The van der Waals surface area contributed by atoms with Crippen molar-refractivity contribution >= 4 is 5.96 Å². The molecule has 0 unspecified atom stereocenters. The van der Waals surface area contributed by atoms with Crippen molar-refractivity contribution in [3.8, 4) is 5.75 Å². The van der Waals surface area contributed by atoms with Crippen LogP contribution in [0.25, 0.3) is 0 Å². The van der Waals surface area contributed by atoms with Gasteiger partial charge in [-0.15, -0.1) is 0 Å². The standard InChI is InChI=1S/C20H32N6O/c1-7-21-19(25(5)14-18-23-15-24-26(18)6)22-12-13-27-17-11-9-8-10-16(17)20(2,3)4/h8-11,15H,7,12-14H2,1-6H3,(H,21,22). The van der Waals surface area contributed by atoms with E-state index in [1.165, 1.54) is 5.56 Å². The first kappa shape index (κ1) is 20.7. The number of aliphatic imine (C=N–C) groups is 1. The van der Waals surface area contributed by atoms with E-state index in [4.69, 9.17) is 4.74 Å². The van der Waals surface area contributed by atoms with Gasteiger partial charge >= 0.3 is 0 Å². The molecule has 2 rings (SSSR count). The molecule has 0 saturated carbocycles. The molecule has 7 heteroatoms. The van der Waals surface area contributed by atoms with Crippen LogP contribution in [0, 0.1) is 0 Å². The first-order chi connectivity index (χ1) is 12.8. The molecule has 0 amide bonds. The lowest BCUT2D eigenvalue weighted by molar-refractivity contribution is 0.318. The van der Waals surface area contributed by atoms with Crippen molar-refractivity contribution in [2.45, 2.75) is 39.7 Å². The Balaban J connectivity index is 1.97. The third-order valence-electron chi connectivity index (χ3n) is 4.19. The van der Waals surface area contributed by atoms with E-state index >= 15 is 0 Å². The second-order valence-corrected chi connectivity index (χ2v) is 7.49. The largest absolute Gasteiger partial charge is 0.491 e. The molecule has 0 aliphatic rings. The maximum Gasteiger partial charge on any atom is 0.194 e. The molecule has 7 nitrogen and oxygen atoms in total. The van der Waals surface area contributed by atoms with Gasteiger partial charge in [-0.3, -0.25) is 4.68 Å². The van der Waals surface area contributed by atoms with Crippen molar-refractivity contribution in [1.82, 2.24) is 25.0 Å². The number of ether oxygens (including phenoxy) is 1. The van der Waals surface area contributed by atoms with Crippen LogP contribution in [0.3, 0.4) is 0 Å². The summed E-state index contributed by atoms with van der Waals surface area (Å²) < 4.78 is 7.79. The third kappa shape index (κ3) is 5.98. The van der Waals surface area contributed by atoms with Gasteiger partial charge in [0.05, 0.1) is 13.1 Å². The van der Waals surface area contributed by atoms with Crippen LogP contribution in [0.15, 0.2) is 35.6 Å². The lowest BCUT2D eigenvalue weighted by atomic mass is 9.86. The number of benzene rings is 1. The minimum atomic E-state index is 0.0467. The molecule has 1 aromatic carbocycles. The summed E-state index contributed by atoms with van der Waals surface area (Å²) in [7, 11) is 3.88. The average molecular weight is 373 g/mol. The van der Waals surface area contributed by atoms with E-state index in [2.05, 4.69) is 60.2 Å². The van der Waals surface area contributed by atoms with Gasteiger partial charge < -0.3 is 15.0 Å². The van der Waals surface area contributed by atoms with E-state index in [0.717, 1.165) is 24.1 Å². The summed E-state index contributed by atoms with van der Waals surface area (Å²) in [6.07, 6.45) is 1.56. The fourth-order valence-electron chi connectivity index (χ4n) is 2.74. The summed E-state index contributed by atoms with van der Waals surface area (Å²) >= 11 is 0. The molecule has 0 aliphatic carbocycles. The lowest BCUT2D eigenvalue weighted by Crippen LogP contribution is -2.39. The molecule has 0 radical (unpaired) electrons. The average Bonchev–Trinajstić information content (AvgIpc) is 3.02. The summed E-state index contributed by atoms with van der Waals surface area (Å²) in [5.74, 6) is 2.64. The van der Waals surface area contributed by atoms with Crippen LogP contribution in [0.2, 0.25) is 0 Å². The Kier molecular flexibility index (Phi) is 7.21. The van der Waals surface area contributed by atoms with Crippen LogP contribution in [0.5, 0.6) is 5.75 Å². The predicted octanol–water partition coefficient (Wildman–Crippen LogP) is 2.59. The number of rotatable bonds is 7. The number of guanidine groups is 1. The number of aromatic nitrogens is 3. The molecular formula is C20H32N6O. The zero-order valence-electron chi connectivity index (χ0n) is 17.4. The molecule has 1 heterocycles. The third-order valence-corrected chi connectivity index (χ3v) is 4.19. The van der Waals surface area contributed by atoms with Gasteiger partial charge in [-0.1, -0.05) is 39.0 Å². The highest BCUT2D eigenvalue weighted by Crippen LogP contribution is 2.30. The molecule has 1 N–H and O–H groups in total. The van der Waals surface area contributed by atoms with Gasteiger partial charge in [0.1, 0.15) is 24.5 Å². The number of nitrogens with one attached hydrogen (secondary N) is 1. The number of hydrogen-bond acceptors (Lipinski definition) is 4. The van der Waals surface area contributed by atoms with Crippen LogP contribution < -0.4 is 10.1 Å². The van der Waals surface area contributed by atoms with Crippen molar-refractivity contribution in [3.05, 3.63) is 42.0 Å². The van der Waals surface area contributed by atoms with Crippen LogP contribution in [-0.2, 0) is 19.0 Å². The Morgan fingerprint density at radius 1 is 1.30 bits per heavy atom. The van der Waals surface area contributed by atoms with E-state index in [1.54, 1.807) is 11.0 Å². The second kappa shape index (κ2) is 9.39. The normalized spacial score (nSPS) is 12.1. The minimum Gasteiger partial charge on any atom is -0.491 e. The molecular weight excluding hydrogens is 340 g/mol. The van der Waals surface area contributed by atoms with Crippen LogP contribution in [0.1, 0.15) is 39.1 Å². The number of para-hydroxylation sites is 1. The fourth-order valence-corrected chi connectivity index (χ4v) is 2.74. The van der Waals surface area contributed by atoms with Gasteiger partial charge in [-0.25, -0.2) is 9.98 Å². The van der Waals surface area contributed by atoms with Crippen molar-refractivity contribution in [2.24, 2.45) is 12.0 Å². The van der Waals surface area contributed by atoms with Gasteiger partial charge in [0.15, 0.2) is 5.96 Å². The van der Waals surface area contributed by atoms with Crippen LogP contribution >= 0.6 is 0 Å². The Bertz CT molecular complexity index is 747.